The molecule has 2 rings (SSSR count). The van der Waals surface area contributed by atoms with Gasteiger partial charge in [-0.1, -0.05) is 19.1 Å². The maximum absolute atomic E-state index is 12.7. The van der Waals surface area contributed by atoms with Crippen molar-refractivity contribution in [1.82, 2.24) is 4.90 Å². The second kappa shape index (κ2) is 8.03. The molecule has 116 valence electrons. The van der Waals surface area contributed by atoms with Gasteiger partial charge in [0.15, 0.2) is 0 Å². The number of carbonyl (C=O) groups excluding carboxylic acids is 1. The van der Waals surface area contributed by atoms with Crippen LogP contribution in [-0.2, 0) is 4.74 Å². The predicted octanol–water partition coefficient (Wildman–Crippen LogP) is 3.12. The van der Waals surface area contributed by atoms with Crippen molar-refractivity contribution in [3.05, 3.63) is 29.8 Å². The first-order valence-corrected chi connectivity index (χ1v) is 7.80. The van der Waals surface area contributed by atoms with Crippen LogP contribution in [0.2, 0.25) is 0 Å². The number of hydrogen-bond acceptors (Lipinski definition) is 3. The van der Waals surface area contributed by atoms with Gasteiger partial charge in [0.05, 0.1) is 18.8 Å². The lowest BCUT2D eigenvalue weighted by Gasteiger charge is -2.21. The number of hydrogen-bond donors (Lipinski definition) is 0. The Bertz CT molecular complexity index is 461. The lowest BCUT2D eigenvalue weighted by Crippen LogP contribution is -2.32. The Labute approximate surface area is 127 Å². The molecule has 1 aliphatic rings. The first-order valence-electron chi connectivity index (χ1n) is 7.80. The first-order chi connectivity index (χ1) is 10.3. The Kier molecular flexibility index (Phi) is 6.05. The van der Waals surface area contributed by atoms with E-state index in [-0.39, 0.29) is 5.91 Å². The third kappa shape index (κ3) is 4.21. The van der Waals surface area contributed by atoms with Gasteiger partial charge in [-0.2, -0.15) is 0 Å². The number of likely N-dealkylation sites (tertiary alicyclic amines) is 1. The maximum atomic E-state index is 12.7. The van der Waals surface area contributed by atoms with E-state index in [9.17, 15) is 4.79 Å². The van der Waals surface area contributed by atoms with Crippen molar-refractivity contribution >= 4 is 5.91 Å². The Morgan fingerprint density at radius 1 is 1.29 bits per heavy atom. The van der Waals surface area contributed by atoms with Crippen molar-refractivity contribution < 1.29 is 14.3 Å². The zero-order chi connectivity index (χ0) is 15.1. The summed E-state index contributed by atoms with van der Waals surface area (Å²) in [5.41, 5.74) is 0.646. The van der Waals surface area contributed by atoms with Crippen LogP contribution in [0.5, 0.6) is 5.75 Å². The SMILES string of the molecule is CCCO[C@H]1CCCN(C(=O)c2ccccc2OC)CC1. The Morgan fingerprint density at radius 3 is 2.86 bits per heavy atom. The minimum atomic E-state index is 0.0589. The topological polar surface area (TPSA) is 38.8 Å². The van der Waals surface area contributed by atoms with E-state index in [0.29, 0.717) is 17.4 Å². The van der Waals surface area contributed by atoms with E-state index in [2.05, 4.69) is 6.92 Å². The highest BCUT2D eigenvalue weighted by Gasteiger charge is 2.23. The maximum Gasteiger partial charge on any atom is 0.257 e. The fourth-order valence-corrected chi connectivity index (χ4v) is 2.71. The molecule has 0 saturated carbocycles. The molecule has 1 aromatic carbocycles. The second-order valence-electron chi connectivity index (χ2n) is 5.42. The number of nitrogens with zero attached hydrogens (tertiary/aromatic N) is 1. The van der Waals surface area contributed by atoms with E-state index >= 15 is 0 Å². The van der Waals surface area contributed by atoms with Crippen molar-refractivity contribution in [2.75, 3.05) is 26.8 Å². The molecule has 0 aromatic heterocycles. The molecule has 0 N–H and O–H groups in total. The van der Waals surface area contributed by atoms with Gasteiger partial charge in [0.1, 0.15) is 5.75 Å². The Morgan fingerprint density at radius 2 is 2.10 bits per heavy atom. The highest BCUT2D eigenvalue weighted by molar-refractivity contribution is 5.96. The second-order valence-corrected chi connectivity index (χ2v) is 5.42. The molecule has 0 aliphatic carbocycles. The summed E-state index contributed by atoms with van der Waals surface area (Å²) in [5.74, 6) is 0.703. The molecule has 1 heterocycles. The zero-order valence-electron chi connectivity index (χ0n) is 13.0. The largest absolute Gasteiger partial charge is 0.496 e. The predicted molar refractivity (Wildman–Crippen MR) is 82.8 cm³/mol. The van der Waals surface area contributed by atoms with Crippen LogP contribution >= 0.6 is 0 Å². The summed E-state index contributed by atoms with van der Waals surface area (Å²) in [4.78, 5) is 14.6. The Balaban J connectivity index is 2.00. The summed E-state index contributed by atoms with van der Waals surface area (Å²) in [6.07, 6.45) is 4.28. The van der Waals surface area contributed by atoms with E-state index in [4.69, 9.17) is 9.47 Å². The van der Waals surface area contributed by atoms with Crippen molar-refractivity contribution in [2.24, 2.45) is 0 Å². The highest BCUT2D eigenvalue weighted by Crippen LogP contribution is 2.22. The molecule has 0 radical (unpaired) electrons. The van der Waals surface area contributed by atoms with Crippen molar-refractivity contribution in [3.8, 4) is 5.75 Å². The molecule has 4 heteroatoms. The Hall–Kier alpha value is -1.55. The van der Waals surface area contributed by atoms with Crippen molar-refractivity contribution in [2.45, 2.75) is 38.7 Å². The fraction of sp³-hybridized carbons (Fsp3) is 0.588. The molecule has 0 bridgehead atoms. The van der Waals surface area contributed by atoms with Crippen LogP contribution in [0.4, 0.5) is 0 Å². The third-order valence-corrected chi connectivity index (χ3v) is 3.86. The summed E-state index contributed by atoms with van der Waals surface area (Å²) in [5, 5.41) is 0. The standard InChI is InChI=1S/C17H25NO3/c1-3-13-21-14-7-6-11-18(12-10-14)17(19)15-8-4-5-9-16(15)20-2/h4-5,8-9,14H,3,6-7,10-13H2,1-2H3/t14-/m0/s1. The van der Waals surface area contributed by atoms with Gasteiger partial charge in [-0.3, -0.25) is 4.79 Å². The molecule has 4 nitrogen and oxygen atoms in total. The molecule has 21 heavy (non-hydrogen) atoms. The van der Waals surface area contributed by atoms with Gasteiger partial charge in [0, 0.05) is 19.7 Å². The van der Waals surface area contributed by atoms with Gasteiger partial charge in [0.2, 0.25) is 0 Å². The molecule has 1 saturated heterocycles. The first kappa shape index (κ1) is 15.8. The molecule has 0 unspecified atom stereocenters. The third-order valence-electron chi connectivity index (χ3n) is 3.86. The van der Waals surface area contributed by atoms with Crippen LogP contribution in [0.15, 0.2) is 24.3 Å². The van der Waals surface area contributed by atoms with Crippen LogP contribution in [-0.4, -0.2) is 43.7 Å². The van der Waals surface area contributed by atoms with Gasteiger partial charge >= 0.3 is 0 Å². The summed E-state index contributed by atoms with van der Waals surface area (Å²) >= 11 is 0. The highest BCUT2D eigenvalue weighted by atomic mass is 16.5. The van der Waals surface area contributed by atoms with E-state index < -0.39 is 0 Å². The molecule has 1 aromatic rings. The number of carbonyl (C=O) groups is 1. The number of amides is 1. The number of ether oxygens (including phenoxy) is 2. The molecule has 1 atom stereocenters. The fourth-order valence-electron chi connectivity index (χ4n) is 2.71. The number of para-hydroxylation sites is 1. The summed E-state index contributed by atoms with van der Waals surface area (Å²) in [6.45, 7) is 4.48. The summed E-state index contributed by atoms with van der Waals surface area (Å²) in [6, 6.07) is 7.42. The molecule has 1 fully saturated rings. The minimum Gasteiger partial charge on any atom is -0.496 e. The average Bonchev–Trinajstić information content (AvgIpc) is 2.77. The summed E-state index contributed by atoms with van der Waals surface area (Å²) in [7, 11) is 1.60. The lowest BCUT2D eigenvalue weighted by atomic mass is 10.1. The average molecular weight is 291 g/mol. The normalized spacial score (nSPS) is 19.1. The van der Waals surface area contributed by atoms with Crippen LogP contribution in [0, 0.1) is 0 Å². The van der Waals surface area contributed by atoms with Crippen molar-refractivity contribution in [1.29, 1.82) is 0 Å². The summed E-state index contributed by atoms with van der Waals surface area (Å²) < 4.78 is 11.1. The minimum absolute atomic E-state index is 0.0589. The zero-order valence-corrected chi connectivity index (χ0v) is 13.0. The number of rotatable bonds is 5. The smallest absolute Gasteiger partial charge is 0.257 e. The number of benzene rings is 1. The van der Waals surface area contributed by atoms with Crippen LogP contribution in [0.1, 0.15) is 43.0 Å². The quantitative estimate of drug-likeness (QED) is 0.836. The van der Waals surface area contributed by atoms with E-state index in [1.54, 1.807) is 7.11 Å². The number of methoxy groups -OCH3 is 1. The monoisotopic (exact) mass is 291 g/mol. The van der Waals surface area contributed by atoms with E-state index in [0.717, 1.165) is 45.4 Å². The van der Waals surface area contributed by atoms with Crippen LogP contribution in [0.3, 0.4) is 0 Å². The molecular formula is C17H25NO3. The molecule has 0 spiro atoms. The molecular weight excluding hydrogens is 266 g/mol. The van der Waals surface area contributed by atoms with E-state index in [1.165, 1.54) is 0 Å². The van der Waals surface area contributed by atoms with Gasteiger partial charge in [-0.15, -0.1) is 0 Å². The van der Waals surface area contributed by atoms with Gasteiger partial charge in [0.25, 0.3) is 5.91 Å². The van der Waals surface area contributed by atoms with Gasteiger partial charge in [-0.25, -0.2) is 0 Å². The molecule has 1 aliphatic heterocycles. The van der Waals surface area contributed by atoms with E-state index in [1.807, 2.05) is 29.2 Å². The van der Waals surface area contributed by atoms with Gasteiger partial charge < -0.3 is 14.4 Å². The molecule has 1 amide bonds. The van der Waals surface area contributed by atoms with Crippen molar-refractivity contribution in [3.63, 3.8) is 0 Å². The van der Waals surface area contributed by atoms with Crippen LogP contribution < -0.4 is 4.74 Å². The van der Waals surface area contributed by atoms with Crippen LogP contribution in [0.25, 0.3) is 0 Å². The van der Waals surface area contributed by atoms with Gasteiger partial charge in [-0.05, 0) is 37.8 Å². The lowest BCUT2D eigenvalue weighted by molar-refractivity contribution is 0.0432.